The third kappa shape index (κ3) is 5.17. The predicted molar refractivity (Wildman–Crippen MR) is 117 cm³/mol. The largest absolute Gasteiger partial charge is 0.368 e. The highest BCUT2D eigenvalue weighted by atomic mass is 35.5. The van der Waals surface area contributed by atoms with Crippen LogP contribution in [0.15, 0.2) is 54.6 Å². The van der Waals surface area contributed by atoms with Crippen molar-refractivity contribution in [1.82, 2.24) is 9.80 Å². The number of hydrogen-bond acceptors (Lipinski definition) is 3. The summed E-state index contributed by atoms with van der Waals surface area (Å²) in [5, 5.41) is 0.871. The second kappa shape index (κ2) is 9.79. The number of halogens is 2. The summed E-state index contributed by atoms with van der Waals surface area (Å²) >= 11 is 6.36. The van der Waals surface area contributed by atoms with Crippen molar-refractivity contribution in [2.45, 2.75) is 25.4 Å². The molecule has 0 aliphatic carbocycles. The van der Waals surface area contributed by atoms with Gasteiger partial charge in [0.05, 0.1) is 10.7 Å². The van der Waals surface area contributed by atoms with E-state index in [2.05, 4.69) is 57.2 Å². The minimum atomic E-state index is 0. The molecule has 0 saturated carbocycles. The number of anilines is 1. The summed E-state index contributed by atoms with van der Waals surface area (Å²) in [5.74, 6) is 0. The summed E-state index contributed by atoms with van der Waals surface area (Å²) in [4.78, 5) is 7.74. The van der Waals surface area contributed by atoms with Gasteiger partial charge in [0.1, 0.15) is 0 Å². The van der Waals surface area contributed by atoms with E-state index in [-0.39, 0.29) is 12.4 Å². The van der Waals surface area contributed by atoms with Crippen LogP contribution in [0, 0.1) is 0 Å². The summed E-state index contributed by atoms with van der Waals surface area (Å²) in [6, 6.07) is 19.8. The van der Waals surface area contributed by atoms with Crippen LogP contribution in [0.2, 0.25) is 5.02 Å². The fourth-order valence-electron chi connectivity index (χ4n) is 4.32. The van der Waals surface area contributed by atoms with E-state index >= 15 is 0 Å². The molecule has 4 rings (SSSR count). The molecule has 0 radical (unpaired) electrons. The molecule has 0 N–H and O–H groups in total. The van der Waals surface area contributed by atoms with E-state index in [1.54, 1.807) is 0 Å². The van der Waals surface area contributed by atoms with Crippen LogP contribution in [0.25, 0.3) is 0 Å². The first-order chi connectivity index (χ1) is 12.8. The average molecular weight is 406 g/mol. The van der Waals surface area contributed by atoms with Crippen LogP contribution in [-0.4, -0.2) is 55.1 Å². The number of hydrogen-bond donors (Lipinski definition) is 0. The van der Waals surface area contributed by atoms with Crippen molar-refractivity contribution in [1.29, 1.82) is 0 Å². The number of likely N-dealkylation sites (tertiary alicyclic amines) is 1. The number of benzene rings is 2. The Kier molecular flexibility index (Phi) is 7.42. The lowest BCUT2D eigenvalue weighted by molar-refractivity contribution is 0.0998. The molecule has 2 heterocycles. The lowest BCUT2D eigenvalue weighted by Crippen LogP contribution is -2.53. The Morgan fingerprint density at radius 1 is 0.778 bits per heavy atom. The molecule has 5 heteroatoms. The molecule has 0 atom stereocenters. The molecule has 0 unspecified atom stereocenters. The van der Waals surface area contributed by atoms with Gasteiger partial charge in [0, 0.05) is 38.8 Å². The van der Waals surface area contributed by atoms with Crippen molar-refractivity contribution in [2.24, 2.45) is 0 Å². The van der Waals surface area contributed by atoms with Gasteiger partial charge in [-0.05, 0) is 43.6 Å². The first kappa shape index (κ1) is 20.5. The minimum Gasteiger partial charge on any atom is -0.368 e. The van der Waals surface area contributed by atoms with Gasteiger partial charge in [-0.1, -0.05) is 54.1 Å². The molecule has 146 valence electrons. The number of piperazine rings is 1. The van der Waals surface area contributed by atoms with Gasteiger partial charge < -0.3 is 4.90 Å². The monoisotopic (exact) mass is 405 g/mol. The van der Waals surface area contributed by atoms with Crippen LogP contribution in [0.3, 0.4) is 0 Å². The molecule has 2 aliphatic heterocycles. The van der Waals surface area contributed by atoms with Gasteiger partial charge >= 0.3 is 0 Å². The number of rotatable bonds is 4. The van der Waals surface area contributed by atoms with Gasteiger partial charge in [0.25, 0.3) is 0 Å². The summed E-state index contributed by atoms with van der Waals surface area (Å²) in [6.07, 6.45) is 2.58. The highest BCUT2D eigenvalue weighted by Crippen LogP contribution is 2.27. The Morgan fingerprint density at radius 2 is 1.41 bits per heavy atom. The van der Waals surface area contributed by atoms with Crippen molar-refractivity contribution in [2.75, 3.05) is 44.2 Å². The summed E-state index contributed by atoms with van der Waals surface area (Å²) in [6.45, 7) is 7.97. The van der Waals surface area contributed by atoms with Gasteiger partial charge in [0.2, 0.25) is 0 Å². The van der Waals surface area contributed by atoms with E-state index in [0.29, 0.717) is 0 Å². The molecule has 27 heavy (non-hydrogen) atoms. The highest BCUT2D eigenvalue weighted by Gasteiger charge is 2.27. The van der Waals surface area contributed by atoms with E-state index in [1.807, 2.05) is 12.1 Å². The molecule has 3 nitrogen and oxygen atoms in total. The van der Waals surface area contributed by atoms with Crippen LogP contribution < -0.4 is 4.90 Å². The van der Waals surface area contributed by atoms with Crippen LogP contribution >= 0.6 is 24.0 Å². The van der Waals surface area contributed by atoms with E-state index in [9.17, 15) is 0 Å². The van der Waals surface area contributed by atoms with Gasteiger partial charge in [-0.2, -0.15) is 0 Å². The zero-order valence-corrected chi connectivity index (χ0v) is 17.3. The van der Waals surface area contributed by atoms with Crippen LogP contribution in [0.5, 0.6) is 0 Å². The van der Waals surface area contributed by atoms with Crippen LogP contribution in [0.4, 0.5) is 5.69 Å². The Hall–Kier alpha value is -1.26. The summed E-state index contributed by atoms with van der Waals surface area (Å²) < 4.78 is 0. The molecule has 0 amide bonds. The summed E-state index contributed by atoms with van der Waals surface area (Å²) in [5.41, 5.74) is 2.62. The Balaban J connectivity index is 0.00000210. The molecular formula is C22H29Cl2N3. The Morgan fingerprint density at radius 3 is 2.07 bits per heavy atom. The summed E-state index contributed by atoms with van der Waals surface area (Å²) in [7, 11) is 0. The molecule has 2 aromatic rings. The number of nitrogens with zero attached hydrogens (tertiary/aromatic N) is 3. The molecule has 2 fully saturated rings. The lowest BCUT2D eigenvalue weighted by Gasteiger charge is -2.43. The number of para-hydroxylation sites is 1. The van der Waals surface area contributed by atoms with Gasteiger partial charge in [-0.15, -0.1) is 12.4 Å². The first-order valence-electron chi connectivity index (χ1n) is 9.79. The maximum absolute atomic E-state index is 6.36. The minimum absolute atomic E-state index is 0. The highest BCUT2D eigenvalue weighted by molar-refractivity contribution is 6.33. The number of piperidine rings is 1. The Labute approximate surface area is 174 Å². The van der Waals surface area contributed by atoms with Crippen molar-refractivity contribution in [3.05, 3.63) is 65.2 Å². The maximum atomic E-state index is 6.36. The second-order valence-electron chi connectivity index (χ2n) is 7.47. The average Bonchev–Trinajstić information content (AvgIpc) is 2.70. The van der Waals surface area contributed by atoms with Crippen LogP contribution in [-0.2, 0) is 6.54 Å². The second-order valence-corrected chi connectivity index (χ2v) is 7.87. The maximum Gasteiger partial charge on any atom is 0.0639 e. The fourth-order valence-corrected chi connectivity index (χ4v) is 4.58. The normalized spacial score (nSPS) is 19.7. The van der Waals surface area contributed by atoms with Crippen molar-refractivity contribution in [3.8, 4) is 0 Å². The molecule has 0 aromatic heterocycles. The van der Waals surface area contributed by atoms with Crippen molar-refractivity contribution in [3.63, 3.8) is 0 Å². The molecule has 2 saturated heterocycles. The third-order valence-electron chi connectivity index (χ3n) is 5.83. The fraction of sp³-hybridized carbons (Fsp3) is 0.455. The van der Waals surface area contributed by atoms with E-state index in [1.165, 1.54) is 37.2 Å². The molecule has 0 spiro atoms. The lowest BCUT2D eigenvalue weighted by atomic mass is 10.0. The smallest absolute Gasteiger partial charge is 0.0639 e. The standard InChI is InChI=1S/C22H28ClN3.ClH/c23-21-8-4-5-9-22(21)26-16-14-25(15-17-26)20-10-12-24(13-11-20)18-19-6-2-1-3-7-19;/h1-9,20H,10-18H2;1H. The topological polar surface area (TPSA) is 9.72 Å². The van der Waals surface area contributed by atoms with E-state index in [4.69, 9.17) is 11.6 Å². The van der Waals surface area contributed by atoms with Gasteiger partial charge in [-0.3, -0.25) is 9.80 Å². The van der Waals surface area contributed by atoms with Crippen molar-refractivity contribution < 1.29 is 0 Å². The molecular weight excluding hydrogens is 377 g/mol. The first-order valence-corrected chi connectivity index (χ1v) is 10.2. The Bertz CT molecular complexity index is 694. The zero-order valence-electron chi connectivity index (χ0n) is 15.8. The van der Waals surface area contributed by atoms with Crippen molar-refractivity contribution >= 4 is 29.7 Å². The van der Waals surface area contributed by atoms with Gasteiger partial charge in [0.15, 0.2) is 0 Å². The quantitative estimate of drug-likeness (QED) is 0.738. The van der Waals surface area contributed by atoms with Gasteiger partial charge in [-0.25, -0.2) is 0 Å². The van der Waals surface area contributed by atoms with Crippen LogP contribution in [0.1, 0.15) is 18.4 Å². The SMILES string of the molecule is Cl.Clc1ccccc1N1CCN(C2CCN(Cc3ccccc3)CC2)CC1. The zero-order chi connectivity index (χ0) is 17.8. The van der Waals surface area contributed by atoms with E-state index < -0.39 is 0 Å². The van der Waals surface area contributed by atoms with E-state index in [0.717, 1.165) is 43.8 Å². The third-order valence-corrected chi connectivity index (χ3v) is 6.15. The predicted octanol–water partition coefficient (Wildman–Crippen LogP) is 4.55. The molecule has 0 bridgehead atoms. The molecule has 2 aromatic carbocycles. The molecule has 2 aliphatic rings.